The van der Waals surface area contributed by atoms with Crippen molar-refractivity contribution in [1.82, 2.24) is 9.97 Å². The Morgan fingerprint density at radius 2 is 1.67 bits per heavy atom. The van der Waals surface area contributed by atoms with Gasteiger partial charge in [0.05, 0.1) is 0 Å². The molecule has 2 fully saturated rings. The van der Waals surface area contributed by atoms with Crippen LogP contribution in [0.3, 0.4) is 0 Å². The number of nitrogens with zero attached hydrogens (tertiary/aromatic N) is 3. The standard InChI is InChI=1S/C17H28N4/c1-11(2)15-19-16(18-4)12(3)17(20-15)21(9-13-5-6-13)10-14-7-8-14/h11,13-14H,5-10H2,1-4H3,(H,18,19,20). The smallest absolute Gasteiger partial charge is 0.137 e. The van der Waals surface area contributed by atoms with E-state index in [0.717, 1.165) is 29.3 Å². The maximum absolute atomic E-state index is 4.92. The first kappa shape index (κ1) is 14.6. The molecule has 4 heteroatoms. The summed E-state index contributed by atoms with van der Waals surface area (Å²) < 4.78 is 0. The van der Waals surface area contributed by atoms with E-state index < -0.39 is 0 Å². The predicted octanol–water partition coefficient (Wildman–Crippen LogP) is 3.58. The molecule has 0 aliphatic heterocycles. The first-order valence-corrected chi connectivity index (χ1v) is 8.39. The number of rotatable bonds is 7. The Hall–Kier alpha value is -1.32. The molecule has 116 valence electrons. The van der Waals surface area contributed by atoms with E-state index >= 15 is 0 Å². The fourth-order valence-corrected chi connectivity index (χ4v) is 2.80. The lowest BCUT2D eigenvalue weighted by atomic mass is 10.2. The van der Waals surface area contributed by atoms with E-state index in [0.29, 0.717) is 5.92 Å². The van der Waals surface area contributed by atoms with Gasteiger partial charge in [0.15, 0.2) is 0 Å². The van der Waals surface area contributed by atoms with Crippen LogP contribution in [0.15, 0.2) is 0 Å². The molecule has 0 radical (unpaired) electrons. The molecule has 1 aromatic rings. The highest BCUT2D eigenvalue weighted by Crippen LogP contribution is 2.37. The summed E-state index contributed by atoms with van der Waals surface area (Å²) in [7, 11) is 1.95. The molecule has 0 spiro atoms. The topological polar surface area (TPSA) is 41.1 Å². The van der Waals surface area contributed by atoms with Crippen LogP contribution in [0.5, 0.6) is 0 Å². The summed E-state index contributed by atoms with van der Waals surface area (Å²) in [6, 6.07) is 0. The van der Waals surface area contributed by atoms with Crippen LogP contribution in [0.25, 0.3) is 0 Å². The van der Waals surface area contributed by atoms with Crippen LogP contribution in [-0.4, -0.2) is 30.1 Å². The maximum Gasteiger partial charge on any atom is 0.137 e. The summed E-state index contributed by atoms with van der Waals surface area (Å²) in [4.78, 5) is 12.1. The van der Waals surface area contributed by atoms with Gasteiger partial charge in [-0.25, -0.2) is 9.97 Å². The van der Waals surface area contributed by atoms with Crippen molar-refractivity contribution >= 4 is 11.6 Å². The molecule has 21 heavy (non-hydrogen) atoms. The van der Waals surface area contributed by atoms with Crippen molar-refractivity contribution in [3.05, 3.63) is 11.4 Å². The molecule has 0 amide bonds. The molecule has 0 unspecified atom stereocenters. The third-order valence-electron chi connectivity index (χ3n) is 4.54. The van der Waals surface area contributed by atoms with Crippen molar-refractivity contribution in [2.45, 2.75) is 52.4 Å². The van der Waals surface area contributed by atoms with Crippen LogP contribution in [0.1, 0.15) is 56.8 Å². The summed E-state index contributed by atoms with van der Waals surface area (Å²) in [5, 5.41) is 3.25. The molecule has 2 saturated carbocycles. The van der Waals surface area contributed by atoms with Crippen LogP contribution >= 0.6 is 0 Å². The molecule has 1 N–H and O–H groups in total. The van der Waals surface area contributed by atoms with Crippen molar-refractivity contribution in [2.24, 2.45) is 11.8 Å². The Kier molecular flexibility index (Phi) is 4.05. The molecular weight excluding hydrogens is 260 g/mol. The lowest BCUT2D eigenvalue weighted by Gasteiger charge is -2.27. The Morgan fingerprint density at radius 1 is 1.10 bits per heavy atom. The largest absolute Gasteiger partial charge is 0.373 e. The highest BCUT2D eigenvalue weighted by molar-refractivity contribution is 5.59. The van der Waals surface area contributed by atoms with E-state index in [4.69, 9.17) is 4.98 Å². The van der Waals surface area contributed by atoms with E-state index in [1.165, 1.54) is 44.3 Å². The van der Waals surface area contributed by atoms with Gasteiger partial charge in [0.1, 0.15) is 17.5 Å². The number of aromatic nitrogens is 2. The molecule has 2 aliphatic rings. The van der Waals surface area contributed by atoms with Crippen molar-refractivity contribution in [3.63, 3.8) is 0 Å². The number of hydrogen-bond acceptors (Lipinski definition) is 4. The maximum atomic E-state index is 4.92. The molecule has 1 heterocycles. The van der Waals surface area contributed by atoms with Crippen molar-refractivity contribution in [2.75, 3.05) is 30.4 Å². The summed E-state index contributed by atoms with van der Waals surface area (Å²) in [5.74, 6) is 5.24. The summed E-state index contributed by atoms with van der Waals surface area (Å²) in [6.07, 6.45) is 5.56. The Balaban J connectivity index is 1.92. The zero-order valence-corrected chi connectivity index (χ0v) is 13.8. The highest BCUT2D eigenvalue weighted by Gasteiger charge is 2.31. The average Bonchev–Trinajstić information content (AvgIpc) is 3.33. The first-order valence-electron chi connectivity index (χ1n) is 8.39. The van der Waals surface area contributed by atoms with E-state index in [9.17, 15) is 0 Å². The van der Waals surface area contributed by atoms with E-state index in [1.807, 2.05) is 7.05 Å². The third kappa shape index (κ3) is 3.47. The first-order chi connectivity index (χ1) is 10.1. The average molecular weight is 288 g/mol. The van der Waals surface area contributed by atoms with Gasteiger partial charge in [-0.3, -0.25) is 0 Å². The zero-order chi connectivity index (χ0) is 15.0. The van der Waals surface area contributed by atoms with Crippen molar-refractivity contribution < 1.29 is 0 Å². The molecule has 0 saturated heterocycles. The summed E-state index contributed by atoms with van der Waals surface area (Å²) >= 11 is 0. The number of nitrogens with one attached hydrogen (secondary N) is 1. The fourth-order valence-electron chi connectivity index (χ4n) is 2.80. The second-order valence-electron chi connectivity index (χ2n) is 7.08. The number of hydrogen-bond donors (Lipinski definition) is 1. The van der Waals surface area contributed by atoms with Gasteiger partial charge in [0.2, 0.25) is 0 Å². The minimum atomic E-state index is 0.361. The third-order valence-corrected chi connectivity index (χ3v) is 4.54. The van der Waals surface area contributed by atoms with Gasteiger partial charge in [0.25, 0.3) is 0 Å². The van der Waals surface area contributed by atoms with Crippen LogP contribution in [0, 0.1) is 18.8 Å². The molecule has 3 rings (SSSR count). The van der Waals surface area contributed by atoms with E-state index in [-0.39, 0.29) is 0 Å². The minimum absolute atomic E-state index is 0.361. The van der Waals surface area contributed by atoms with Gasteiger partial charge in [-0.2, -0.15) is 0 Å². The monoisotopic (exact) mass is 288 g/mol. The Labute approximate surface area is 128 Å². The second-order valence-corrected chi connectivity index (χ2v) is 7.08. The van der Waals surface area contributed by atoms with Crippen LogP contribution in [0.2, 0.25) is 0 Å². The quantitative estimate of drug-likeness (QED) is 0.832. The minimum Gasteiger partial charge on any atom is -0.373 e. The van der Waals surface area contributed by atoms with E-state index in [1.54, 1.807) is 0 Å². The van der Waals surface area contributed by atoms with Gasteiger partial charge in [-0.1, -0.05) is 13.8 Å². The van der Waals surface area contributed by atoms with Crippen LogP contribution in [-0.2, 0) is 0 Å². The molecule has 2 aliphatic carbocycles. The molecule has 4 nitrogen and oxygen atoms in total. The molecular formula is C17H28N4. The summed E-state index contributed by atoms with van der Waals surface area (Å²) in [5.41, 5.74) is 1.20. The normalized spacial score (nSPS) is 18.1. The lowest BCUT2D eigenvalue weighted by Crippen LogP contribution is -2.30. The van der Waals surface area contributed by atoms with Crippen LogP contribution in [0.4, 0.5) is 11.6 Å². The predicted molar refractivity (Wildman–Crippen MR) is 88.1 cm³/mol. The SMILES string of the molecule is CNc1nc(C(C)C)nc(N(CC2CC2)CC2CC2)c1C. The van der Waals surface area contributed by atoms with Crippen LogP contribution < -0.4 is 10.2 Å². The van der Waals surface area contributed by atoms with Crippen molar-refractivity contribution in [1.29, 1.82) is 0 Å². The Bertz CT molecular complexity index is 490. The molecule has 0 bridgehead atoms. The van der Waals surface area contributed by atoms with Gasteiger partial charge in [-0.15, -0.1) is 0 Å². The summed E-state index contributed by atoms with van der Waals surface area (Å²) in [6.45, 7) is 8.84. The van der Waals surface area contributed by atoms with Gasteiger partial charge >= 0.3 is 0 Å². The zero-order valence-electron chi connectivity index (χ0n) is 13.8. The second kappa shape index (κ2) is 5.82. The van der Waals surface area contributed by atoms with Crippen molar-refractivity contribution in [3.8, 4) is 0 Å². The van der Waals surface area contributed by atoms with Gasteiger partial charge < -0.3 is 10.2 Å². The lowest BCUT2D eigenvalue weighted by molar-refractivity contribution is 0.661. The highest BCUT2D eigenvalue weighted by atomic mass is 15.2. The molecule has 1 aromatic heterocycles. The fraction of sp³-hybridized carbons (Fsp3) is 0.765. The van der Waals surface area contributed by atoms with Gasteiger partial charge in [-0.05, 0) is 44.4 Å². The molecule has 0 aromatic carbocycles. The Morgan fingerprint density at radius 3 is 2.10 bits per heavy atom. The van der Waals surface area contributed by atoms with E-state index in [2.05, 4.69) is 36.0 Å². The van der Waals surface area contributed by atoms with Gasteiger partial charge in [0, 0.05) is 31.6 Å². The number of anilines is 2. The molecule has 0 atom stereocenters.